The Labute approximate surface area is 202 Å². The zero-order valence-electron chi connectivity index (χ0n) is 20.2. The highest BCUT2D eigenvalue weighted by atomic mass is 32.2. The summed E-state index contributed by atoms with van der Waals surface area (Å²) in [5.41, 5.74) is 0.714. The Bertz CT molecular complexity index is 1160. The SMILES string of the molecule is CC.CC(C)NS(=O)c1ccc2ccncc2c1.CCC.NS(=O)c1ccc2ccoc2c1. The van der Waals surface area contributed by atoms with E-state index in [0.29, 0.717) is 10.5 Å². The van der Waals surface area contributed by atoms with Crippen molar-refractivity contribution in [1.29, 1.82) is 0 Å². The number of rotatable bonds is 4. The topological polar surface area (TPSA) is 98.2 Å². The first-order valence-electron chi connectivity index (χ1n) is 11.0. The van der Waals surface area contributed by atoms with Gasteiger partial charge in [0.2, 0.25) is 0 Å². The number of hydrogen-bond acceptors (Lipinski definition) is 4. The van der Waals surface area contributed by atoms with Crippen molar-refractivity contribution in [2.24, 2.45) is 5.14 Å². The van der Waals surface area contributed by atoms with Crippen molar-refractivity contribution in [3.63, 3.8) is 0 Å². The zero-order valence-corrected chi connectivity index (χ0v) is 21.8. The number of fused-ring (bicyclic) bond motifs is 2. The van der Waals surface area contributed by atoms with E-state index in [1.807, 2.05) is 64.1 Å². The van der Waals surface area contributed by atoms with Gasteiger partial charge in [0.05, 0.1) is 16.1 Å². The van der Waals surface area contributed by atoms with E-state index in [9.17, 15) is 8.42 Å². The fourth-order valence-corrected chi connectivity index (χ4v) is 3.94. The molecule has 2 heterocycles. The van der Waals surface area contributed by atoms with Crippen LogP contribution in [0.25, 0.3) is 21.7 Å². The lowest BCUT2D eigenvalue weighted by molar-refractivity contribution is 0.614. The summed E-state index contributed by atoms with van der Waals surface area (Å²) < 4.78 is 30.8. The maximum Gasteiger partial charge on any atom is 0.135 e. The van der Waals surface area contributed by atoms with Gasteiger partial charge in [-0.3, -0.25) is 4.98 Å². The second-order valence-corrected chi connectivity index (χ2v) is 9.36. The first-order valence-corrected chi connectivity index (χ1v) is 13.4. The highest BCUT2D eigenvalue weighted by Gasteiger charge is 2.06. The maximum absolute atomic E-state index is 11.9. The highest BCUT2D eigenvalue weighted by Crippen LogP contribution is 2.18. The van der Waals surface area contributed by atoms with Crippen LogP contribution in [0.4, 0.5) is 0 Å². The second-order valence-electron chi connectivity index (χ2n) is 7.05. The molecule has 0 amide bonds. The molecule has 3 N–H and O–H groups in total. The number of benzene rings is 2. The Morgan fingerprint density at radius 2 is 1.58 bits per heavy atom. The molecule has 0 bridgehead atoms. The third kappa shape index (κ3) is 9.55. The molecule has 2 aromatic heterocycles. The number of hydrogen-bond donors (Lipinski definition) is 2. The molecular formula is C25H35N3O3S2. The predicted octanol–water partition coefficient (Wildman–Crippen LogP) is 6.11. The van der Waals surface area contributed by atoms with E-state index in [0.717, 1.165) is 21.1 Å². The quantitative estimate of drug-likeness (QED) is 0.361. The Morgan fingerprint density at radius 1 is 0.939 bits per heavy atom. The molecule has 8 heteroatoms. The summed E-state index contributed by atoms with van der Waals surface area (Å²) in [6.07, 6.45) is 6.38. The van der Waals surface area contributed by atoms with Gasteiger partial charge in [-0.2, -0.15) is 0 Å². The predicted molar refractivity (Wildman–Crippen MR) is 141 cm³/mol. The van der Waals surface area contributed by atoms with E-state index in [1.54, 1.807) is 30.8 Å². The molecule has 33 heavy (non-hydrogen) atoms. The summed E-state index contributed by atoms with van der Waals surface area (Å²) in [6, 6.07) is 15.0. The average Bonchev–Trinajstić information content (AvgIpc) is 3.28. The minimum Gasteiger partial charge on any atom is -0.464 e. The Balaban J connectivity index is 0.000000283. The van der Waals surface area contributed by atoms with Crippen molar-refractivity contribution in [3.8, 4) is 0 Å². The van der Waals surface area contributed by atoms with Gasteiger partial charge < -0.3 is 4.42 Å². The van der Waals surface area contributed by atoms with E-state index in [4.69, 9.17) is 9.56 Å². The van der Waals surface area contributed by atoms with Crippen LogP contribution in [0.5, 0.6) is 0 Å². The minimum absolute atomic E-state index is 0.199. The maximum atomic E-state index is 11.9. The van der Waals surface area contributed by atoms with Gasteiger partial charge in [-0.15, -0.1) is 0 Å². The molecule has 2 aromatic carbocycles. The number of nitrogens with two attached hydrogens (primary N) is 1. The average molecular weight is 490 g/mol. The van der Waals surface area contributed by atoms with Crippen LogP contribution in [0.2, 0.25) is 0 Å². The van der Waals surface area contributed by atoms with E-state index >= 15 is 0 Å². The van der Waals surface area contributed by atoms with E-state index in [1.165, 1.54) is 6.42 Å². The van der Waals surface area contributed by atoms with Crippen LogP contribution in [-0.2, 0) is 22.0 Å². The molecule has 4 aromatic rings. The van der Waals surface area contributed by atoms with Crippen LogP contribution < -0.4 is 9.86 Å². The molecule has 0 radical (unpaired) electrons. The van der Waals surface area contributed by atoms with Gasteiger partial charge in [0.15, 0.2) is 0 Å². The third-order valence-corrected chi connectivity index (χ3v) is 5.91. The zero-order chi connectivity index (χ0) is 24.8. The molecule has 0 aliphatic carbocycles. The molecular weight excluding hydrogens is 454 g/mol. The largest absolute Gasteiger partial charge is 0.464 e. The molecule has 0 saturated heterocycles. The van der Waals surface area contributed by atoms with Gasteiger partial charge >= 0.3 is 0 Å². The third-order valence-electron chi connectivity index (χ3n) is 3.83. The van der Waals surface area contributed by atoms with Crippen molar-refractivity contribution in [3.05, 3.63) is 67.2 Å². The summed E-state index contributed by atoms with van der Waals surface area (Å²) in [4.78, 5) is 5.42. The Hall–Kier alpha value is -2.39. The fraction of sp³-hybridized carbons (Fsp3) is 0.320. The van der Waals surface area contributed by atoms with Crippen LogP contribution >= 0.6 is 0 Å². The summed E-state index contributed by atoms with van der Waals surface area (Å²) in [7, 11) is -2.58. The first-order chi connectivity index (χ1) is 15.8. The second kappa shape index (κ2) is 15.4. The molecule has 2 atom stereocenters. The Morgan fingerprint density at radius 3 is 2.21 bits per heavy atom. The van der Waals surface area contributed by atoms with Gasteiger partial charge in [0.1, 0.15) is 27.6 Å². The van der Waals surface area contributed by atoms with Crippen molar-refractivity contribution >= 4 is 43.7 Å². The number of nitrogens with one attached hydrogen (secondary N) is 1. The van der Waals surface area contributed by atoms with E-state index in [2.05, 4.69) is 23.6 Å². The molecule has 0 aliphatic rings. The van der Waals surface area contributed by atoms with Crippen molar-refractivity contribution in [1.82, 2.24) is 9.71 Å². The van der Waals surface area contributed by atoms with Crippen LogP contribution in [0.1, 0.15) is 48.0 Å². The van der Waals surface area contributed by atoms with Crippen LogP contribution in [0, 0.1) is 0 Å². The monoisotopic (exact) mass is 489 g/mol. The Kier molecular flexibility index (Phi) is 13.4. The number of pyridine rings is 1. The first kappa shape index (κ1) is 28.6. The summed E-state index contributed by atoms with van der Waals surface area (Å²) in [5.74, 6) is 0. The van der Waals surface area contributed by atoms with Gasteiger partial charge in [0, 0.05) is 29.2 Å². The molecule has 180 valence electrons. The lowest BCUT2D eigenvalue weighted by Crippen LogP contribution is -2.24. The fourth-order valence-electron chi connectivity index (χ4n) is 2.52. The van der Waals surface area contributed by atoms with E-state index < -0.39 is 22.0 Å². The smallest absolute Gasteiger partial charge is 0.135 e. The molecule has 2 unspecified atom stereocenters. The van der Waals surface area contributed by atoms with Crippen molar-refractivity contribution < 1.29 is 12.8 Å². The van der Waals surface area contributed by atoms with Crippen LogP contribution in [0.15, 0.2) is 81.4 Å². The normalized spacial score (nSPS) is 12.0. The molecule has 0 fully saturated rings. The lowest BCUT2D eigenvalue weighted by atomic mass is 10.2. The summed E-state index contributed by atoms with van der Waals surface area (Å²) in [6.45, 7) is 12.2. The lowest BCUT2D eigenvalue weighted by Gasteiger charge is -2.08. The summed E-state index contributed by atoms with van der Waals surface area (Å²) in [5, 5.41) is 8.32. The van der Waals surface area contributed by atoms with E-state index in [-0.39, 0.29) is 6.04 Å². The number of aromatic nitrogens is 1. The standard InChI is InChI=1S/C12H14N2OS.C8H7NO2S.C3H8.C2H6/c1-9(2)14-16(15)12-4-3-10-5-6-13-8-11(10)7-12;9-12(10)7-2-1-6-3-4-11-8(6)5-7;1-3-2;1-2/h3-9,14H,1-2H3;1-5H,9H2;3H2,1-2H3;1-2H3. The molecule has 0 spiro atoms. The van der Waals surface area contributed by atoms with Crippen LogP contribution in [-0.4, -0.2) is 19.4 Å². The van der Waals surface area contributed by atoms with Gasteiger partial charge in [-0.25, -0.2) is 18.3 Å². The number of nitrogens with zero attached hydrogens (tertiary/aromatic N) is 1. The van der Waals surface area contributed by atoms with Gasteiger partial charge in [-0.1, -0.05) is 40.2 Å². The molecule has 6 nitrogen and oxygen atoms in total. The highest BCUT2D eigenvalue weighted by molar-refractivity contribution is 7.83. The molecule has 0 aliphatic heterocycles. The van der Waals surface area contributed by atoms with Gasteiger partial charge in [0.25, 0.3) is 0 Å². The van der Waals surface area contributed by atoms with Crippen LogP contribution in [0.3, 0.4) is 0 Å². The minimum atomic E-state index is -1.43. The van der Waals surface area contributed by atoms with Gasteiger partial charge in [-0.05, 0) is 61.7 Å². The van der Waals surface area contributed by atoms with Crippen molar-refractivity contribution in [2.75, 3.05) is 0 Å². The summed E-state index contributed by atoms with van der Waals surface area (Å²) >= 11 is 0. The molecule has 0 saturated carbocycles. The molecule has 4 rings (SSSR count). The number of furan rings is 1. The van der Waals surface area contributed by atoms with Crippen molar-refractivity contribution in [2.45, 2.75) is 63.8 Å².